The van der Waals surface area contributed by atoms with Gasteiger partial charge in [0.25, 0.3) is 0 Å². The van der Waals surface area contributed by atoms with Crippen LogP contribution in [0.5, 0.6) is 0 Å². The van der Waals surface area contributed by atoms with Crippen LogP contribution in [-0.4, -0.2) is 20.6 Å². The van der Waals surface area contributed by atoms with Crippen LogP contribution in [0.15, 0.2) is 53.1 Å². The number of carbonyl (C=O) groups is 1. The summed E-state index contributed by atoms with van der Waals surface area (Å²) >= 11 is 0. The summed E-state index contributed by atoms with van der Waals surface area (Å²) in [6.45, 7) is 6.38. The molecule has 0 unspecified atom stereocenters. The SMILES string of the molecule is Cc1ccccc1Cn1c(NC(=O)Cc2c(C)noc2C)nc2ccccc21. The number of benzene rings is 2. The summed E-state index contributed by atoms with van der Waals surface area (Å²) in [5, 5.41) is 6.89. The summed E-state index contributed by atoms with van der Waals surface area (Å²) in [5.41, 5.74) is 5.78. The predicted molar refractivity (Wildman–Crippen MR) is 108 cm³/mol. The lowest BCUT2D eigenvalue weighted by molar-refractivity contribution is -0.115. The van der Waals surface area contributed by atoms with E-state index in [1.165, 1.54) is 11.1 Å². The molecule has 0 aliphatic carbocycles. The van der Waals surface area contributed by atoms with E-state index in [0.29, 0.717) is 18.3 Å². The smallest absolute Gasteiger partial charge is 0.231 e. The van der Waals surface area contributed by atoms with Crippen molar-refractivity contribution < 1.29 is 9.32 Å². The number of rotatable bonds is 5. The molecule has 0 spiro atoms. The summed E-state index contributed by atoms with van der Waals surface area (Å²) in [4.78, 5) is 17.3. The van der Waals surface area contributed by atoms with Crippen LogP contribution >= 0.6 is 0 Å². The number of anilines is 1. The Morgan fingerprint density at radius 2 is 1.82 bits per heavy atom. The number of carbonyl (C=O) groups excluding carboxylic acids is 1. The summed E-state index contributed by atoms with van der Waals surface area (Å²) in [5.74, 6) is 1.07. The van der Waals surface area contributed by atoms with Crippen LogP contribution in [0.3, 0.4) is 0 Å². The number of hydrogen-bond donors (Lipinski definition) is 1. The van der Waals surface area contributed by atoms with Gasteiger partial charge in [-0.25, -0.2) is 4.98 Å². The Bertz CT molecular complexity index is 1140. The van der Waals surface area contributed by atoms with Crippen molar-refractivity contribution in [1.82, 2.24) is 14.7 Å². The van der Waals surface area contributed by atoms with Crippen LogP contribution in [0, 0.1) is 20.8 Å². The number of aromatic nitrogens is 3. The highest BCUT2D eigenvalue weighted by molar-refractivity contribution is 5.93. The first kappa shape index (κ1) is 18.0. The molecule has 28 heavy (non-hydrogen) atoms. The topological polar surface area (TPSA) is 73.0 Å². The highest BCUT2D eigenvalue weighted by Crippen LogP contribution is 2.23. The van der Waals surface area contributed by atoms with Crippen LogP contribution in [0.25, 0.3) is 11.0 Å². The lowest BCUT2D eigenvalue weighted by Gasteiger charge is -2.12. The molecule has 142 valence electrons. The first-order chi connectivity index (χ1) is 13.5. The molecule has 0 atom stereocenters. The molecule has 0 bridgehead atoms. The number of aryl methyl sites for hydroxylation is 3. The molecule has 2 heterocycles. The van der Waals surface area contributed by atoms with Crippen molar-refractivity contribution in [2.45, 2.75) is 33.7 Å². The normalized spacial score (nSPS) is 11.1. The number of amides is 1. The zero-order chi connectivity index (χ0) is 19.7. The molecule has 4 rings (SSSR count). The fraction of sp³-hybridized carbons (Fsp3) is 0.227. The maximum atomic E-state index is 12.7. The van der Waals surface area contributed by atoms with Crippen molar-refractivity contribution in [1.29, 1.82) is 0 Å². The minimum atomic E-state index is -0.143. The molecule has 0 aliphatic rings. The van der Waals surface area contributed by atoms with E-state index in [4.69, 9.17) is 4.52 Å². The lowest BCUT2D eigenvalue weighted by Crippen LogP contribution is -2.19. The summed E-state index contributed by atoms with van der Waals surface area (Å²) in [6, 6.07) is 16.1. The number of nitrogens with zero attached hydrogens (tertiary/aromatic N) is 3. The predicted octanol–water partition coefficient (Wildman–Crippen LogP) is 4.18. The molecule has 6 nitrogen and oxygen atoms in total. The average molecular weight is 374 g/mol. The number of para-hydroxylation sites is 2. The molecule has 2 aromatic carbocycles. The standard InChI is InChI=1S/C22H22N4O2/c1-14-8-4-5-9-17(14)13-26-20-11-7-6-10-19(20)23-22(26)24-21(27)12-18-15(2)25-28-16(18)3/h4-11H,12-13H2,1-3H3,(H,23,24,27). The van der Waals surface area contributed by atoms with Gasteiger partial charge in [0.05, 0.1) is 29.7 Å². The van der Waals surface area contributed by atoms with Gasteiger partial charge in [0.1, 0.15) is 5.76 Å². The van der Waals surface area contributed by atoms with E-state index in [0.717, 1.165) is 22.3 Å². The van der Waals surface area contributed by atoms with Gasteiger partial charge in [-0.2, -0.15) is 0 Å². The minimum Gasteiger partial charge on any atom is -0.361 e. The number of hydrogen-bond acceptors (Lipinski definition) is 4. The average Bonchev–Trinajstić information content (AvgIpc) is 3.18. The lowest BCUT2D eigenvalue weighted by atomic mass is 10.1. The molecular formula is C22H22N4O2. The molecule has 1 N–H and O–H groups in total. The largest absolute Gasteiger partial charge is 0.361 e. The molecule has 0 fully saturated rings. The fourth-order valence-electron chi connectivity index (χ4n) is 3.37. The summed E-state index contributed by atoms with van der Waals surface area (Å²) in [6.07, 6.45) is 0.203. The van der Waals surface area contributed by atoms with Crippen molar-refractivity contribution in [3.8, 4) is 0 Å². The number of imidazole rings is 1. The van der Waals surface area contributed by atoms with Crippen LogP contribution < -0.4 is 5.32 Å². The van der Waals surface area contributed by atoms with Crippen molar-refractivity contribution in [3.05, 3.63) is 76.7 Å². The summed E-state index contributed by atoms with van der Waals surface area (Å²) in [7, 11) is 0. The Balaban J connectivity index is 1.66. The second-order valence-corrected chi connectivity index (χ2v) is 6.96. The first-order valence-electron chi connectivity index (χ1n) is 9.24. The molecule has 0 aliphatic heterocycles. The maximum Gasteiger partial charge on any atom is 0.231 e. The van der Waals surface area contributed by atoms with Gasteiger partial charge in [-0.15, -0.1) is 0 Å². The Hall–Kier alpha value is -3.41. The summed E-state index contributed by atoms with van der Waals surface area (Å²) < 4.78 is 7.20. The van der Waals surface area contributed by atoms with Crippen LogP contribution in [0.2, 0.25) is 0 Å². The van der Waals surface area contributed by atoms with E-state index >= 15 is 0 Å². The molecule has 2 aromatic heterocycles. The molecule has 0 saturated carbocycles. The van der Waals surface area contributed by atoms with Crippen molar-refractivity contribution in [2.75, 3.05) is 5.32 Å². The quantitative estimate of drug-likeness (QED) is 0.569. The van der Waals surface area contributed by atoms with Crippen molar-refractivity contribution in [2.24, 2.45) is 0 Å². The van der Waals surface area contributed by atoms with E-state index < -0.39 is 0 Å². The van der Waals surface area contributed by atoms with Gasteiger partial charge < -0.3 is 9.09 Å². The van der Waals surface area contributed by atoms with Crippen LogP contribution in [-0.2, 0) is 17.8 Å². The molecule has 6 heteroatoms. The monoisotopic (exact) mass is 374 g/mol. The zero-order valence-electron chi connectivity index (χ0n) is 16.2. The van der Waals surface area contributed by atoms with Crippen molar-refractivity contribution >= 4 is 22.9 Å². The molecule has 0 radical (unpaired) electrons. The third-order valence-corrected chi connectivity index (χ3v) is 5.01. The molecule has 1 amide bonds. The van der Waals surface area contributed by atoms with Gasteiger partial charge in [0, 0.05) is 5.56 Å². The van der Waals surface area contributed by atoms with E-state index in [1.54, 1.807) is 0 Å². The number of fused-ring (bicyclic) bond motifs is 1. The van der Waals surface area contributed by atoms with E-state index in [-0.39, 0.29) is 12.3 Å². The molecule has 4 aromatic rings. The first-order valence-corrected chi connectivity index (χ1v) is 9.24. The third kappa shape index (κ3) is 3.41. The van der Waals surface area contributed by atoms with Crippen LogP contribution in [0.1, 0.15) is 28.1 Å². The Kier molecular flexibility index (Phi) is 4.69. The van der Waals surface area contributed by atoms with Gasteiger partial charge in [0.2, 0.25) is 11.9 Å². The van der Waals surface area contributed by atoms with Gasteiger partial charge in [-0.1, -0.05) is 41.6 Å². The van der Waals surface area contributed by atoms with E-state index in [2.05, 4.69) is 34.5 Å². The van der Waals surface area contributed by atoms with Gasteiger partial charge >= 0.3 is 0 Å². The number of nitrogens with one attached hydrogen (secondary N) is 1. The van der Waals surface area contributed by atoms with Crippen molar-refractivity contribution in [3.63, 3.8) is 0 Å². The molecule has 0 saturated heterocycles. The van der Waals surface area contributed by atoms with E-state index in [1.807, 2.05) is 54.8 Å². The minimum absolute atomic E-state index is 0.143. The maximum absolute atomic E-state index is 12.7. The van der Waals surface area contributed by atoms with Gasteiger partial charge in [-0.3, -0.25) is 10.1 Å². The fourth-order valence-corrected chi connectivity index (χ4v) is 3.37. The second-order valence-electron chi connectivity index (χ2n) is 6.96. The van der Waals surface area contributed by atoms with Crippen LogP contribution in [0.4, 0.5) is 5.95 Å². The molecular weight excluding hydrogens is 352 g/mol. The Labute approximate surface area is 163 Å². The van der Waals surface area contributed by atoms with Gasteiger partial charge in [0.15, 0.2) is 0 Å². The third-order valence-electron chi connectivity index (χ3n) is 5.01. The highest BCUT2D eigenvalue weighted by Gasteiger charge is 2.17. The Morgan fingerprint density at radius 3 is 2.57 bits per heavy atom. The van der Waals surface area contributed by atoms with Gasteiger partial charge in [-0.05, 0) is 44.0 Å². The highest BCUT2D eigenvalue weighted by atomic mass is 16.5. The second kappa shape index (κ2) is 7.31. The zero-order valence-corrected chi connectivity index (χ0v) is 16.2. The Morgan fingerprint density at radius 1 is 1.07 bits per heavy atom. The van der Waals surface area contributed by atoms with E-state index in [9.17, 15) is 4.79 Å².